The number of amides is 1. The number of rotatable bonds is 4. The van der Waals surface area contributed by atoms with Gasteiger partial charge in [0.2, 0.25) is 0 Å². The van der Waals surface area contributed by atoms with Crippen molar-refractivity contribution in [2.45, 2.75) is 38.6 Å². The van der Waals surface area contributed by atoms with Gasteiger partial charge in [-0.05, 0) is 53.6 Å². The summed E-state index contributed by atoms with van der Waals surface area (Å²) in [7, 11) is 0. The number of nitrogens with one attached hydrogen (secondary N) is 1. The van der Waals surface area contributed by atoms with E-state index in [4.69, 9.17) is 0 Å². The standard InChI is InChI=1S/C23H23N3O2/c1-15(2)17-9-8-16-10-11-20(19(16)14-17)24-23(28)21-12-13-22(27)26(25-21)18-6-4-3-5-7-18/h3-9,12-15,20H,10-11H2,1-2H3,(H,24,28). The second-order valence-corrected chi connectivity index (χ2v) is 7.48. The van der Waals surface area contributed by atoms with E-state index in [2.05, 4.69) is 42.5 Å². The summed E-state index contributed by atoms with van der Waals surface area (Å²) in [6.45, 7) is 4.34. The van der Waals surface area contributed by atoms with Crippen LogP contribution in [0.2, 0.25) is 0 Å². The highest BCUT2D eigenvalue weighted by Crippen LogP contribution is 2.33. The van der Waals surface area contributed by atoms with Gasteiger partial charge >= 0.3 is 0 Å². The zero-order valence-electron chi connectivity index (χ0n) is 16.1. The minimum atomic E-state index is -0.268. The van der Waals surface area contributed by atoms with Crippen molar-refractivity contribution in [2.24, 2.45) is 0 Å². The van der Waals surface area contributed by atoms with E-state index in [-0.39, 0.29) is 23.2 Å². The molecule has 0 fully saturated rings. The number of hydrogen-bond acceptors (Lipinski definition) is 3. The molecule has 0 bridgehead atoms. The first-order valence-electron chi connectivity index (χ1n) is 9.62. The van der Waals surface area contributed by atoms with Crippen LogP contribution in [-0.4, -0.2) is 15.7 Å². The van der Waals surface area contributed by atoms with Crippen LogP contribution in [-0.2, 0) is 6.42 Å². The minimum Gasteiger partial charge on any atom is -0.344 e. The third-order valence-electron chi connectivity index (χ3n) is 5.25. The predicted octanol–water partition coefficient (Wildman–Crippen LogP) is 3.77. The van der Waals surface area contributed by atoms with Crippen LogP contribution in [0.3, 0.4) is 0 Å². The fourth-order valence-corrected chi connectivity index (χ4v) is 3.65. The van der Waals surface area contributed by atoms with Crippen molar-refractivity contribution in [3.05, 3.63) is 93.4 Å². The lowest BCUT2D eigenvalue weighted by Crippen LogP contribution is -2.31. The van der Waals surface area contributed by atoms with Crippen molar-refractivity contribution in [1.82, 2.24) is 15.1 Å². The molecule has 28 heavy (non-hydrogen) atoms. The smallest absolute Gasteiger partial charge is 0.272 e. The number of aryl methyl sites for hydroxylation is 1. The van der Waals surface area contributed by atoms with Crippen LogP contribution in [0.5, 0.6) is 0 Å². The number of nitrogens with zero attached hydrogens (tertiary/aromatic N) is 2. The molecule has 0 radical (unpaired) electrons. The molecule has 5 nitrogen and oxygen atoms in total. The summed E-state index contributed by atoms with van der Waals surface area (Å²) in [6.07, 6.45) is 1.83. The first-order chi connectivity index (χ1) is 13.5. The van der Waals surface area contributed by atoms with Gasteiger partial charge in [-0.2, -0.15) is 9.78 Å². The second-order valence-electron chi connectivity index (χ2n) is 7.48. The molecule has 142 valence electrons. The quantitative estimate of drug-likeness (QED) is 0.757. The maximum absolute atomic E-state index is 12.8. The lowest BCUT2D eigenvalue weighted by Gasteiger charge is -2.16. The van der Waals surface area contributed by atoms with Crippen molar-refractivity contribution < 1.29 is 4.79 Å². The highest BCUT2D eigenvalue weighted by molar-refractivity contribution is 5.92. The third-order valence-corrected chi connectivity index (χ3v) is 5.25. The largest absolute Gasteiger partial charge is 0.344 e. The molecule has 0 saturated carbocycles. The highest BCUT2D eigenvalue weighted by atomic mass is 16.2. The second kappa shape index (κ2) is 7.43. The molecule has 5 heteroatoms. The van der Waals surface area contributed by atoms with E-state index in [1.165, 1.54) is 33.5 Å². The van der Waals surface area contributed by atoms with Crippen LogP contribution in [0.4, 0.5) is 0 Å². The van der Waals surface area contributed by atoms with Gasteiger partial charge in [-0.25, -0.2) is 0 Å². The van der Waals surface area contributed by atoms with Gasteiger partial charge in [0.1, 0.15) is 5.69 Å². The molecule has 0 spiro atoms. The van der Waals surface area contributed by atoms with Crippen LogP contribution in [0.25, 0.3) is 5.69 Å². The number of para-hydroxylation sites is 1. The molecule has 1 amide bonds. The third kappa shape index (κ3) is 3.48. The number of fused-ring (bicyclic) bond motifs is 1. The summed E-state index contributed by atoms with van der Waals surface area (Å²) in [5.74, 6) is 0.177. The van der Waals surface area contributed by atoms with Crippen LogP contribution in [0, 0.1) is 0 Å². The number of carbonyl (C=O) groups is 1. The van der Waals surface area contributed by atoms with E-state index in [0.29, 0.717) is 11.6 Å². The Hall–Kier alpha value is -3.21. The Labute approximate surface area is 164 Å². The SMILES string of the molecule is CC(C)c1ccc2c(c1)C(NC(=O)c1ccc(=O)n(-c3ccccc3)n1)CC2. The molecule has 1 atom stereocenters. The summed E-state index contributed by atoms with van der Waals surface area (Å²) in [4.78, 5) is 25.0. The van der Waals surface area contributed by atoms with Gasteiger partial charge in [-0.3, -0.25) is 9.59 Å². The summed E-state index contributed by atoms with van der Waals surface area (Å²) in [5, 5.41) is 7.38. The molecule has 3 aromatic rings. The van der Waals surface area contributed by atoms with Gasteiger partial charge in [0, 0.05) is 6.07 Å². The van der Waals surface area contributed by atoms with Gasteiger partial charge in [-0.15, -0.1) is 0 Å². The molecular formula is C23H23N3O2. The molecule has 4 rings (SSSR count). The molecule has 1 aromatic heterocycles. The highest BCUT2D eigenvalue weighted by Gasteiger charge is 2.25. The number of carbonyl (C=O) groups excluding carboxylic acids is 1. The lowest BCUT2D eigenvalue weighted by molar-refractivity contribution is 0.0930. The van der Waals surface area contributed by atoms with Gasteiger partial charge < -0.3 is 5.32 Å². The van der Waals surface area contributed by atoms with E-state index in [0.717, 1.165) is 12.8 Å². The van der Waals surface area contributed by atoms with E-state index >= 15 is 0 Å². The van der Waals surface area contributed by atoms with E-state index in [1.54, 1.807) is 12.1 Å². The number of aromatic nitrogens is 2. The Morgan fingerprint density at radius 3 is 2.64 bits per heavy atom. The van der Waals surface area contributed by atoms with Crippen molar-refractivity contribution >= 4 is 5.91 Å². The minimum absolute atomic E-state index is 0.0277. The van der Waals surface area contributed by atoms with Gasteiger partial charge in [-0.1, -0.05) is 50.2 Å². The van der Waals surface area contributed by atoms with Gasteiger partial charge in [0.15, 0.2) is 0 Å². The molecule has 2 aromatic carbocycles. The molecule has 1 aliphatic carbocycles. The maximum atomic E-state index is 12.8. The molecule has 0 aliphatic heterocycles. The van der Waals surface area contributed by atoms with Crippen molar-refractivity contribution in [3.63, 3.8) is 0 Å². The molecule has 0 saturated heterocycles. The normalized spacial score (nSPS) is 15.5. The lowest BCUT2D eigenvalue weighted by atomic mass is 9.97. The average molecular weight is 373 g/mol. The molecule has 1 aliphatic rings. The zero-order valence-corrected chi connectivity index (χ0v) is 16.1. The average Bonchev–Trinajstić information content (AvgIpc) is 3.11. The van der Waals surface area contributed by atoms with Crippen LogP contribution >= 0.6 is 0 Å². The number of hydrogen-bond donors (Lipinski definition) is 1. The molecule has 1 heterocycles. The van der Waals surface area contributed by atoms with Crippen LogP contribution in [0.1, 0.15) is 59.4 Å². The topological polar surface area (TPSA) is 64.0 Å². The van der Waals surface area contributed by atoms with E-state index < -0.39 is 0 Å². The summed E-state index contributed by atoms with van der Waals surface area (Å²) >= 11 is 0. The Kier molecular flexibility index (Phi) is 4.82. The van der Waals surface area contributed by atoms with Gasteiger partial charge in [0.25, 0.3) is 11.5 Å². The Bertz CT molecular complexity index is 1070. The summed E-state index contributed by atoms with van der Waals surface area (Å²) in [6, 6.07) is 18.5. The Balaban J connectivity index is 1.59. The van der Waals surface area contributed by atoms with Crippen LogP contribution < -0.4 is 10.9 Å². The van der Waals surface area contributed by atoms with Gasteiger partial charge in [0.05, 0.1) is 11.7 Å². The maximum Gasteiger partial charge on any atom is 0.272 e. The van der Waals surface area contributed by atoms with Crippen molar-refractivity contribution in [1.29, 1.82) is 0 Å². The van der Waals surface area contributed by atoms with Crippen molar-refractivity contribution in [2.75, 3.05) is 0 Å². The fraction of sp³-hybridized carbons (Fsp3) is 0.261. The zero-order chi connectivity index (χ0) is 19.7. The monoisotopic (exact) mass is 373 g/mol. The van der Waals surface area contributed by atoms with Crippen LogP contribution in [0.15, 0.2) is 65.5 Å². The summed E-state index contributed by atoms with van der Waals surface area (Å²) < 4.78 is 1.26. The Morgan fingerprint density at radius 1 is 1.11 bits per heavy atom. The predicted molar refractivity (Wildman–Crippen MR) is 109 cm³/mol. The Morgan fingerprint density at radius 2 is 1.89 bits per heavy atom. The first-order valence-corrected chi connectivity index (χ1v) is 9.62. The first kappa shape index (κ1) is 18.2. The molecular weight excluding hydrogens is 350 g/mol. The van der Waals surface area contributed by atoms with E-state index in [9.17, 15) is 9.59 Å². The van der Waals surface area contributed by atoms with Crippen molar-refractivity contribution in [3.8, 4) is 5.69 Å². The molecule has 1 N–H and O–H groups in total. The fourth-order valence-electron chi connectivity index (χ4n) is 3.65. The molecule has 1 unspecified atom stereocenters. The summed E-state index contributed by atoms with van der Waals surface area (Å²) in [5.41, 5.74) is 4.35. The van der Waals surface area contributed by atoms with E-state index in [1.807, 2.05) is 18.2 Å². The number of benzene rings is 2.